The number of nitrogens with two attached hydrogens (primary N) is 1. The van der Waals surface area contributed by atoms with Crippen LogP contribution >= 0.6 is 0 Å². The predicted octanol–water partition coefficient (Wildman–Crippen LogP) is 4.99. The zero-order valence-corrected chi connectivity index (χ0v) is 39.6. The first-order valence-electron chi connectivity index (χ1n) is 23.8. The molecule has 1 aromatic heterocycles. The average molecular weight is 965 g/mol. The first-order valence-corrected chi connectivity index (χ1v) is 23.8. The Morgan fingerprint density at radius 2 is 1.54 bits per heavy atom. The molecule has 4 aliphatic rings. The number of piperidine rings is 1. The maximum absolute atomic E-state index is 16.8. The van der Waals surface area contributed by atoms with E-state index in [1.807, 2.05) is 65.6 Å². The lowest BCUT2D eigenvalue weighted by molar-refractivity contribution is -0.179. The lowest BCUT2D eigenvalue weighted by Crippen LogP contribution is -2.58. The van der Waals surface area contributed by atoms with E-state index in [2.05, 4.69) is 20.6 Å². The normalized spacial score (nSPS) is 23.4. The monoisotopic (exact) mass is 964 g/mol. The molecule has 0 unspecified atom stereocenters. The molecule has 4 aromatic carbocycles. The number of benzene rings is 4. The van der Waals surface area contributed by atoms with Crippen molar-refractivity contribution in [3.63, 3.8) is 0 Å². The van der Waals surface area contributed by atoms with Crippen molar-refractivity contribution >= 4 is 41.5 Å². The number of anilines is 1. The number of methoxy groups -OCH3 is 1. The van der Waals surface area contributed by atoms with Gasteiger partial charge in [-0.25, -0.2) is 29.3 Å². The summed E-state index contributed by atoms with van der Waals surface area (Å²) in [5.41, 5.74) is 5.85. The summed E-state index contributed by atoms with van der Waals surface area (Å²) < 4.78 is 18.0. The topological polar surface area (TPSA) is 236 Å². The van der Waals surface area contributed by atoms with E-state index in [1.165, 1.54) is 7.11 Å². The van der Waals surface area contributed by atoms with E-state index < -0.39 is 83.3 Å². The first-order chi connectivity index (χ1) is 34.4. The summed E-state index contributed by atoms with van der Waals surface area (Å²) in [5.74, 6) is -4.20. The van der Waals surface area contributed by atoms with Crippen molar-refractivity contribution in [2.45, 2.75) is 74.8 Å². The third-order valence-corrected chi connectivity index (χ3v) is 14.2. The summed E-state index contributed by atoms with van der Waals surface area (Å²) in [6.45, 7) is 3.25. The number of ether oxygens (including phenoxy) is 3. The Bertz CT molecular complexity index is 2790. The number of aliphatic hydroxyl groups excluding tert-OH is 1. The minimum atomic E-state index is -2.18. The number of hydrogen-bond donors (Lipinski definition) is 4. The van der Waals surface area contributed by atoms with Gasteiger partial charge in [0.2, 0.25) is 11.8 Å². The van der Waals surface area contributed by atoms with Crippen LogP contribution in [0.4, 0.5) is 15.3 Å². The Labute approximate surface area is 410 Å². The number of aliphatic hydroxyl groups is 1. The molecule has 7 atom stereocenters. The van der Waals surface area contributed by atoms with Crippen LogP contribution in [-0.4, -0.2) is 106 Å². The van der Waals surface area contributed by atoms with Gasteiger partial charge >= 0.3 is 24.0 Å². The lowest BCUT2D eigenvalue weighted by Gasteiger charge is -2.46. The fourth-order valence-corrected chi connectivity index (χ4v) is 11.1. The fraction of sp³-hybridized carbons (Fsp3) is 0.358. The minimum absolute atomic E-state index is 0.0725. The van der Waals surface area contributed by atoms with Crippen LogP contribution in [0.2, 0.25) is 0 Å². The fourth-order valence-electron chi connectivity index (χ4n) is 11.1. The molecule has 5 heterocycles. The van der Waals surface area contributed by atoms with E-state index in [-0.39, 0.29) is 55.8 Å². The highest BCUT2D eigenvalue weighted by atomic mass is 16.6. The maximum atomic E-state index is 16.8. The number of imide groups is 1. The van der Waals surface area contributed by atoms with Crippen LogP contribution in [0.25, 0.3) is 0 Å². The Balaban J connectivity index is 1.34. The number of likely N-dealkylation sites (tertiary alicyclic amines) is 1. The van der Waals surface area contributed by atoms with Crippen LogP contribution in [0.5, 0.6) is 5.75 Å². The smallest absolute Gasteiger partial charge is 0.329 e. The van der Waals surface area contributed by atoms with Gasteiger partial charge in [0.25, 0.3) is 0 Å². The molecule has 6 amide bonds. The van der Waals surface area contributed by atoms with Gasteiger partial charge in [-0.1, -0.05) is 105 Å². The largest absolute Gasteiger partial charge is 0.491 e. The number of hydrogen-bond acceptors (Lipinski definition) is 13. The maximum Gasteiger partial charge on any atom is 0.329 e. The van der Waals surface area contributed by atoms with Crippen LogP contribution in [0.3, 0.4) is 0 Å². The number of cyclic esters (lactones) is 1. The van der Waals surface area contributed by atoms with Crippen LogP contribution in [0, 0.1) is 11.8 Å². The van der Waals surface area contributed by atoms with Gasteiger partial charge in [-0.15, -0.1) is 0 Å². The van der Waals surface area contributed by atoms with Crippen molar-refractivity contribution in [3.8, 4) is 5.75 Å². The molecule has 0 bridgehead atoms. The second kappa shape index (κ2) is 20.3. The summed E-state index contributed by atoms with van der Waals surface area (Å²) in [7, 11) is 1.20. The Morgan fingerprint density at radius 1 is 0.873 bits per heavy atom. The first kappa shape index (κ1) is 48.3. The van der Waals surface area contributed by atoms with E-state index >= 15 is 19.2 Å². The van der Waals surface area contributed by atoms with Gasteiger partial charge < -0.3 is 40.6 Å². The van der Waals surface area contributed by atoms with Gasteiger partial charge in [0.05, 0.1) is 37.4 Å². The molecule has 71 heavy (non-hydrogen) atoms. The molecule has 18 nitrogen and oxygen atoms in total. The molecule has 4 aliphatic heterocycles. The van der Waals surface area contributed by atoms with Crippen molar-refractivity contribution in [3.05, 3.63) is 155 Å². The van der Waals surface area contributed by atoms with Crippen molar-refractivity contribution in [2.75, 3.05) is 38.3 Å². The van der Waals surface area contributed by atoms with Gasteiger partial charge in [-0.2, -0.15) is 0 Å². The number of fused-ring (bicyclic) bond motifs is 3. The summed E-state index contributed by atoms with van der Waals surface area (Å²) in [4.78, 5) is 103. The molecular weight excluding hydrogens is 909 g/mol. The van der Waals surface area contributed by atoms with Crippen LogP contribution in [0.15, 0.2) is 122 Å². The highest BCUT2D eigenvalue weighted by molar-refractivity contribution is 6.25. The van der Waals surface area contributed by atoms with E-state index in [4.69, 9.17) is 19.9 Å². The molecular formula is C53H56N8O10. The Morgan fingerprint density at radius 3 is 2.18 bits per heavy atom. The molecule has 9 rings (SSSR count). The number of para-hydroxylation sites is 1. The van der Waals surface area contributed by atoms with Crippen molar-refractivity contribution in [1.29, 1.82) is 0 Å². The summed E-state index contributed by atoms with van der Waals surface area (Å²) in [5, 5.41) is 15.5. The number of rotatable bonds is 13. The number of aromatic nitrogens is 2. The Kier molecular flexibility index (Phi) is 13.8. The number of primary amides is 1. The SMILES string of the molecule is COC(=O)[C@H](NC(=O)N1C(=O)[C@@]2(c3cc(CNC(N)=O)ccc31)[C@H](c1ccccc1OCCO)N1[C@H](c3ccccc3)[C@H](c3ccccc3)OC(=O)[C@H]1[C@@H]2C(=O)N1CCC(c2ncccn2)CC1)C(C)C. The van der Waals surface area contributed by atoms with Gasteiger partial charge in [-0.05, 0) is 59.2 Å². The van der Waals surface area contributed by atoms with Crippen molar-refractivity contribution < 1.29 is 48.1 Å². The molecule has 3 saturated heterocycles. The number of nitrogens with zero attached hydrogens (tertiary/aromatic N) is 5. The standard InChI is InChI=1S/C53H56N8O10/c1-31(2)41(48(64)69-3)58-52(68)60-38-20-19-32(30-57-51(54)67)29-37(38)53(50(60)66)40(47(63)59-25-21-35(22-26-59)46-55-23-12-24-56-46)43-49(65)71-44(34-15-8-5-9-16-34)42(33-13-6-4-7-14-33)61(43)45(53)36-17-10-11-18-39(36)70-28-27-62/h4-20,23-24,29,31,35,40-45,62H,21-22,25-28,30H2,1-3H3,(H,58,68)(H3,54,57,67)/t40-,41-,42-,43-,44+,45+,53-/m1/s1. The number of amides is 6. The van der Waals surface area contributed by atoms with Gasteiger partial charge in [0, 0.05) is 43.5 Å². The van der Waals surface area contributed by atoms with Gasteiger partial charge in [-0.3, -0.25) is 19.3 Å². The minimum Gasteiger partial charge on any atom is -0.491 e. The summed E-state index contributed by atoms with van der Waals surface area (Å²) in [6, 6.07) is 25.5. The van der Waals surface area contributed by atoms with E-state index in [0.717, 1.165) is 4.90 Å². The molecule has 0 saturated carbocycles. The van der Waals surface area contributed by atoms with Crippen molar-refractivity contribution in [1.82, 2.24) is 30.4 Å². The summed E-state index contributed by atoms with van der Waals surface area (Å²) in [6.07, 6.45) is 3.31. The van der Waals surface area contributed by atoms with Crippen molar-refractivity contribution in [2.24, 2.45) is 17.6 Å². The molecule has 368 valence electrons. The number of carbonyl (C=O) groups excluding carboxylic acids is 6. The second-order valence-electron chi connectivity index (χ2n) is 18.5. The second-order valence-corrected chi connectivity index (χ2v) is 18.5. The lowest BCUT2D eigenvalue weighted by atomic mass is 9.64. The zero-order valence-electron chi connectivity index (χ0n) is 39.6. The summed E-state index contributed by atoms with van der Waals surface area (Å²) >= 11 is 0. The Hall–Kier alpha value is -7.70. The molecule has 18 heteroatoms. The number of nitrogens with one attached hydrogen (secondary N) is 2. The highest BCUT2D eigenvalue weighted by Crippen LogP contribution is 2.67. The molecule has 5 aromatic rings. The third kappa shape index (κ3) is 8.71. The number of esters is 2. The predicted molar refractivity (Wildman–Crippen MR) is 257 cm³/mol. The van der Waals surface area contributed by atoms with E-state index in [9.17, 15) is 14.7 Å². The van der Waals surface area contributed by atoms with E-state index in [1.54, 1.807) is 79.7 Å². The molecule has 3 fully saturated rings. The van der Waals surface area contributed by atoms with Crippen LogP contribution in [-0.2, 0) is 40.6 Å². The quantitative estimate of drug-likeness (QED) is 0.114. The average Bonchev–Trinajstić information content (AvgIpc) is 3.85. The third-order valence-electron chi connectivity index (χ3n) is 14.2. The number of urea groups is 2. The molecule has 0 radical (unpaired) electrons. The van der Waals surface area contributed by atoms with Gasteiger partial charge in [0.15, 0.2) is 0 Å². The van der Waals surface area contributed by atoms with Gasteiger partial charge in [0.1, 0.15) is 41.8 Å². The number of morpholine rings is 1. The molecule has 0 aliphatic carbocycles. The molecule has 1 spiro atoms. The van der Waals surface area contributed by atoms with E-state index in [0.29, 0.717) is 40.9 Å². The highest BCUT2D eigenvalue weighted by Gasteiger charge is 2.76. The number of carbonyl (C=O) groups is 6. The van der Waals surface area contributed by atoms with Crippen LogP contribution in [0.1, 0.15) is 84.4 Å². The molecule has 5 N–H and O–H groups in total. The van der Waals surface area contributed by atoms with Crippen LogP contribution < -0.4 is 26.0 Å². The zero-order chi connectivity index (χ0) is 50.0.